The molecule has 0 radical (unpaired) electrons. The molecule has 0 heterocycles. The van der Waals surface area contributed by atoms with Gasteiger partial charge < -0.3 is 10.1 Å². The molecule has 1 aromatic carbocycles. The van der Waals surface area contributed by atoms with Crippen molar-refractivity contribution in [2.75, 3.05) is 30.3 Å². The van der Waals surface area contributed by atoms with Crippen LogP contribution < -0.4 is 9.62 Å². The lowest BCUT2D eigenvalue weighted by molar-refractivity contribution is -0.121. The van der Waals surface area contributed by atoms with E-state index < -0.39 is 16.1 Å². The number of aryl methyl sites for hydroxylation is 2. The number of anilines is 1. The van der Waals surface area contributed by atoms with Crippen LogP contribution in [0.2, 0.25) is 0 Å². The summed E-state index contributed by atoms with van der Waals surface area (Å²) in [5.74, 6) is -0.323. The summed E-state index contributed by atoms with van der Waals surface area (Å²) in [5.41, 5.74) is 2.40. The van der Waals surface area contributed by atoms with E-state index in [0.29, 0.717) is 31.9 Å². The first kappa shape index (κ1) is 20.4. The molecule has 0 spiro atoms. The van der Waals surface area contributed by atoms with Gasteiger partial charge >= 0.3 is 0 Å². The highest BCUT2D eigenvalue weighted by atomic mass is 32.2. The van der Waals surface area contributed by atoms with E-state index in [1.165, 1.54) is 4.31 Å². The molecule has 1 amide bonds. The highest BCUT2D eigenvalue weighted by molar-refractivity contribution is 7.92. The molecule has 0 aliphatic heterocycles. The van der Waals surface area contributed by atoms with Gasteiger partial charge in [0.2, 0.25) is 15.9 Å². The Morgan fingerprint density at radius 1 is 1.25 bits per heavy atom. The minimum atomic E-state index is -3.59. The van der Waals surface area contributed by atoms with Crippen molar-refractivity contribution >= 4 is 21.6 Å². The van der Waals surface area contributed by atoms with Crippen molar-refractivity contribution in [1.82, 2.24) is 5.32 Å². The molecule has 136 valence electrons. The molecule has 0 aliphatic carbocycles. The van der Waals surface area contributed by atoms with Crippen molar-refractivity contribution in [1.29, 1.82) is 0 Å². The number of benzene rings is 1. The van der Waals surface area contributed by atoms with Gasteiger partial charge in [-0.3, -0.25) is 9.10 Å². The van der Waals surface area contributed by atoms with Crippen LogP contribution >= 0.6 is 0 Å². The fourth-order valence-electron chi connectivity index (χ4n) is 2.56. The van der Waals surface area contributed by atoms with Crippen molar-refractivity contribution in [3.8, 4) is 0 Å². The summed E-state index contributed by atoms with van der Waals surface area (Å²) in [5, 5.41) is 2.77. The lowest BCUT2D eigenvalue weighted by atomic mass is 10.1. The highest BCUT2D eigenvalue weighted by Crippen LogP contribution is 2.23. The fraction of sp³-hybridized carbons (Fsp3) is 0.588. The van der Waals surface area contributed by atoms with E-state index in [1.807, 2.05) is 26.8 Å². The second-order valence-electron chi connectivity index (χ2n) is 5.92. The summed E-state index contributed by atoms with van der Waals surface area (Å²) in [6.07, 6.45) is 1.80. The third-order valence-corrected chi connectivity index (χ3v) is 4.76. The zero-order valence-electron chi connectivity index (χ0n) is 15.1. The van der Waals surface area contributed by atoms with E-state index in [4.69, 9.17) is 4.74 Å². The van der Waals surface area contributed by atoms with Gasteiger partial charge in [0.05, 0.1) is 11.9 Å². The maximum Gasteiger partial charge on any atom is 0.243 e. The molecule has 0 fully saturated rings. The van der Waals surface area contributed by atoms with E-state index in [1.54, 1.807) is 19.1 Å². The number of hydrogen-bond donors (Lipinski definition) is 1. The van der Waals surface area contributed by atoms with Crippen molar-refractivity contribution < 1.29 is 17.9 Å². The van der Waals surface area contributed by atoms with Crippen LogP contribution in [-0.2, 0) is 19.6 Å². The van der Waals surface area contributed by atoms with Gasteiger partial charge in [0.15, 0.2) is 0 Å². The molecular weight excluding hydrogens is 328 g/mol. The van der Waals surface area contributed by atoms with Gasteiger partial charge in [0.1, 0.15) is 6.04 Å². The number of carbonyl (C=O) groups is 1. The molecule has 6 nitrogen and oxygen atoms in total. The van der Waals surface area contributed by atoms with Crippen LogP contribution in [0.4, 0.5) is 5.69 Å². The second kappa shape index (κ2) is 9.03. The molecule has 0 bridgehead atoms. The first-order valence-corrected chi connectivity index (χ1v) is 9.94. The zero-order valence-corrected chi connectivity index (χ0v) is 15.9. The molecule has 1 aromatic rings. The van der Waals surface area contributed by atoms with Gasteiger partial charge in [-0.2, -0.15) is 0 Å². The maximum atomic E-state index is 12.3. The van der Waals surface area contributed by atoms with Crippen molar-refractivity contribution in [2.24, 2.45) is 0 Å². The Bertz CT molecular complexity index is 638. The SMILES string of the molecule is CCOCCCNC(=O)[C@@H](C)N(c1cc(C)cc(C)c1)S(C)(=O)=O. The standard InChI is InChI=1S/C17H28N2O4S/c1-6-23-9-7-8-18-17(20)15(4)19(24(5,21)22)16-11-13(2)10-14(3)12-16/h10-12,15H,6-9H2,1-5H3,(H,18,20)/t15-/m1/s1. The number of hydrogen-bond acceptors (Lipinski definition) is 4. The summed E-state index contributed by atoms with van der Waals surface area (Å²) in [6.45, 7) is 8.96. The minimum absolute atomic E-state index is 0.323. The van der Waals surface area contributed by atoms with Crippen LogP contribution in [-0.4, -0.2) is 46.4 Å². The number of amides is 1. The predicted molar refractivity (Wildman–Crippen MR) is 96.8 cm³/mol. The van der Waals surface area contributed by atoms with Gasteiger partial charge in [-0.25, -0.2) is 8.42 Å². The van der Waals surface area contributed by atoms with Crippen LogP contribution in [0.3, 0.4) is 0 Å². The Kier molecular flexibility index (Phi) is 7.69. The molecule has 0 aliphatic rings. The first-order chi connectivity index (χ1) is 11.2. The van der Waals surface area contributed by atoms with Crippen molar-refractivity contribution in [2.45, 2.75) is 40.2 Å². The predicted octanol–water partition coefficient (Wildman–Crippen LogP) is 2.00. The Labute approximate surface area is 145 Å². The molecule has 1 N–H and O–H groups in total. The molecule has 1 rings (SSSR count). The number of nitrogens with one attached hydrogen (secondary N) is 1. The number of rotatable bonds is 9. The zero-order chi connectivity index (χ0) is 18.3. The monoisotopic (exact) mass is 356 g/mol. The van der Waals surface area contributed by atoms with Gasteiger partial charge in [-0.15, -0.1) is 0 Å². The summed E-state index contributed by atoms with van der Waals surface area (Å²) >= 11 is 0. The lowest BCUT2D eigenvalue weighted by Crippen LogP contribution is -2.48. The van der Waals surface area contributed by atoms with Crippen LogP contribution in [0.25, 0.3) is 0 Å². The normalized spacial score (nSPS) is 12.7. The first-order valence-electron chi connectivity index (χ1n) is 8.10. The van der Waals surface area contributed by atoms with E-state index in [0.717, 1.165) is 17.4 Å². The highest BCUT2D eigenvalue weighted by Gasteiger charge is 2.29. The molecule has 0 aromatic heterocycles. The summed E-state index contributed by atoms with van der Waals surface area (Å²) in [4.78, 5) is 12.3. The van der Waals surface area contributed by atoms with Gasteiger partial charge in [0.25, 0.3) is 0 Å². The molecule has 1 atom stereocenters. The topological polar surface area (TPSA) is 75.7 Å². The minimum Gasteiger partial charge on any atom is -0.382 e. The van der Waals surface area contributed by atoms with E-state index in [9.17, 15) is 13.2 Å². The van der Waals surface area contributed by atoms with Crippen LogP contribution in [0.1, 0.15) is 31.4 Å². The van der Waals surface area contributed by atoms with Crippen LogP contribution in [0.5, 0.6) is 0 Å². The molecule has 0 saturated carbocycles. The Morgan fingerprint density at radius 2 is 1.83 bits per heavy atom. The van der Waals surface area contributed by atoms with Crippen LogP contribution in [0.15, 0.2) is 18.2 Å². The van der Waals surface area contributed by atoms with Gasteiger partial charge in [0, 0.05) is 19.8 Å². The third kappa shape index (κ3) is 6.13. The van der Waals surface area contributed by atoms with E-state index in [-0.39, 0.29) is 5.91 Å². The molecule has 0 saturated heterocycles. The average molecular weight is 356 g/mol. The number of nitrogens with zero attached hydrogens (tertiary/aromatic N) is 1. The smallest absolute Gasteiger partial charge is 0.243 e. The number of ether oxygens (including phenoxy) is 1. The number of sulfonamides is 1. The summed E-state index contributed by atoms with van der Waals surface area (Å²) < 4.78 is 30.9. The molecule has 7 heteroatoms. The molecule has 24 heavy (non-hydrogen) atoms. The Hall–Kier alpha value is -1.60. The van der Waals surface area contributed by atoms with Gasteiger partial charge in [-0.1, -0.05) is 6.07 Å². The third-order valence-electron chi connectivity index (χ3n) is 3.52. The summed E-state index contributed by atoms with van der Waals surface area (Å²) in [6, 6.07) is 4.68. The quantitative estimate of drug-likeness (QED) is 0.687. The fourth-order valence-corrected chi connectivity index (χ4v) is 3.72. The molecular formula is C17H28N2O4S. The average Bonchev–Trinajstić information content (AvgIpc) is 2.44. The van der Waals surface area contributed by atoms with E-state index in [2.05, 4.69) is 5.32 Å². The van der Waals surface area contributed by atoms with Gasteiger partial charge in [-0.05, 0) is 57.4 Å². The second-order valence-corrected chi connectivity index (χ2v) is 7.78. The summed E-state index contributed by atoms with van der Waals surface area (Å²) in [7, 11) is -3.59. The van der Waals surface area contributed by atoms with E-state index >= 15 is 0 Å². The maximum absolute atomic E-state index is 12.3. The molecule has 0 unspecified atom stereocenters. The number of carbonyl (C=O) groups excluding carboxylic acids is 1. The van der Waals surface area contributed by atoms with Crippen LogP contribution in [0, 0.1) is 13.8 Å². The Morgan fingerprint density at radius 3 is 2.33 bits per heavy atom. The van der Waals surface area contributed by atoms with Crippen molar-refractivity contribution in [3.63, 3.8) is 0 Å². The Balaban J connectivity index is 2.90. The largest absolute Gasteiger partial charge is 0.382 e. The lowest BCUT2D eigenvalue weighted by Gasteiger charge is -2.28. The van der Waals surface area contributed by atoms with Crippen molar-refractivity contribution in [3.05, 3.63) is 29.3 Å².